The largest absolute Gasteiger partial charge is 0.389 e. The second-order valence-corrected chi connectivity index (χ2v) is 6.53. The Morgan fingerprint density at radius 3 is 2.65 bits per heavy atom. The lowest BCUT2D eigenvalue weighted by molar-refractivity contribution is 0.0319. The Balaban J connectivity index is 2.31. The second kappa shape index (κ2) is 6.17. The van der Waals surface area contributed by atoms with E-state index in [4.69, 9.17) is 0 Å². The summed E-state index contributed by atoms with van der Waals surface area (Å²) in [5, 5.41) is 13.8. The van der Waals surface area contributed by atoms with Crippen LogP contribution < -0.4 is 5.32 Å². The van der Waals surface area contributed by atoms with Crippen molar-refractivity contribution in [2.45, 2.75) is 64.6 Å². The van der Waals surface area contributed by atoms with Gasteiger partial charge in [0.25, 0.3) is 0 Å². The lowest BCUT2D eigenvalue weighted by atomic mass is 9.93. The number of piperidine rings is 1. The fourth-order valence-electron chi connectivity index (χ4n) is 2.79. The molecule has 1 rings (SSSR count). The Labute approximate surface area is 107 Å². The van der Waals surface area contributed by atoms with Crippen LogP contribution in [0.1, 0.15) is 47.0 Å². The van der Waals surface area contributed by atoms with Crippen molar-refractivity contribution >= 4 is 0 Å². The highest BCUT2D eigenvalue weighted by Gasteiger charge is 2.26. The number of aliphatic hydroxyl groups is 1. The van der Waals surface area contributed by atoms with Crippen molar-refractivity contribution in [3.63, 3.8) is 0 Å². The number of hydrogen-bond acceptors (Lipinski definition) is 3. The zero-order valence-corrected chi connectivity index (χ0v) is 12.2. The monoisotopic (exact) mass is 242 g/mol. The van der Waals surface area contributed by atoms with Crippen LogP contribution in [0.4, 0.5) is 0 Å². The molecular formula is C14H30N2O. The van der Waals surface area contributed by atoms with Gasteiger partial charge in [-0.1, -0.05) is 13.8 Å². The second-order valence-electron chi connectivity index (χ2n) is 6.53. The van der Waals surface area contributed by atoms with E-state index in [9.17, 15) is 5.11 Å². The number of rotatable bonds is 5. The summed E-state index contributed by atoms with van der Waals surface area (Å²) < 4.78 is 0. The molecule has 0 saturated carbocycles. The Morgan fingerprint density at radius 2 is 2.12 bits per heavy atom. The first-order valence-electron chi connectivity index (χ1n) is 6.96. The predicted octanol–water partition coefficient (Wildman–Crippen LogP) is 1.86. The third-order valence-corrected chi connectivity index (χ3v) is 3.83. The molecule has 2 N–H and O–H groups in total. The number of nitrogens with zero attached hydrogens (tertiary/aromatic N) is 1. The van der Waals surface area contributed by atoms with Crippen LogP contribution in [0, 0.1) is 5.92 Å². The van der Waals surface area contributed by atoms with Crippen LogP contribution >= 0.6 is 0 Å². The maximum atomic E-state index is 10.3. The Kier molecular flexibility index (Phi) is 5.42. The molecule has 0 aromatic heterocycles. The minimum absolute atomic E-state index is 0.545. The summed E-state index contributed by atoms with van der Waals surface area (Å²) in [4.78, 5) is 2.41. The molecule has 1 heterocycles. The van der Waals surface area contributed by atoms with E-state index in [0.29, 0.717) is 24.5 Å². The highest BCUT2D eigenvalue weighted by atomic mass is 16.3. The average Bonchev–Trinajstić information content (AvgIpc) is 2.18. The van der Waals surface area contributed by atoms with E-state index in [2.05, 4.69) is 38.0 Å². The van der Waals surface area contributed by atoms with E-state index in [1.54, 1.807) is 0 Å². The van der Waals surface area contributed by atoms with E-state index in [0.717, 1.165) is 13.0 Å². The number of likely N-dealkylation sites (tertiary alicyclic amines) is 1. The molecule has 3 heteroatoms. The summed E-state index contributed by atoms with van der Waals surface area (Å²) >= 11 is 0. The standard InChI is InChI=1S/C14H30N2O/c1-11(2)9-14(4,17)10-15-13-6-7-16(5)12(3)8-13/h11-13,15,17H,6-10H2,1-5H3. The third kappa shape index (κ3) is 5.36. The molecule has 0 amide bonds. The minimum atomic E-state index is -0.569. The summed E-state index contributed by atoms with van der Waals surface area (Å²) in [5.74, 6) is 0.545. The van der Waals surface area contributed by atoms with Crippen LogP contribution in [0.15, 0.2) is 0 Å². The third-order valence-electron chi connectivity index (χ3n) is 3.83. The van der Waals surface area contributed by atoms with Gasteiger partial charge in [0.05, 0.1) is 5.60 Å². The number of hydrogen-bond donors (Lipinski definition) is 2. The van der Waals surface area contributed by atoms with Gasteiger partial charge in [-0.3, -0.25) is 0 Å². The van der Waals surface area contributed by atoms with Crippen molar-refractivity contribution in [2.24, 2.45) is 5.92 Å². The molecule has 0 spiro atoms. The Hall–Kier alpha value is -0.120. The van der Waals surface area contributed by atoms with Gasteiger partial charge in [-0.05, 0) is 52.6 Å². The predicted molar refractivity (Wildman–Crippen MR) is 73.2 cm³/mol. The van der Waals surface area contributed by atoms with E-state index >= 15 is 0 Å². The first-order chi connectivity index (χ1) is 7.80. The SMILES string of the molecule is CC(C)CC(C)(O)CNC1CCN(C)C(C)C1. The zero-order valence-electron chi connectivity index (χ0n) is 12.2. The normalized spacial score (nSPS) is 30.5. The van der Waals surface area contributed by atoms with Crippen molar-refractivity contribution in [3.05, 3.63) is 0 Å². The van der Waals surface area contributed by atoms with Crippen molar-refractivity contribution in [1.82, 2.24) is 10.2 Å². The molecule has 17 heavy (non-hydrogen) atoms. The van der Waals surface area contributed by atoms with Crippen LogP contribution in [0.2, 0.25) is 0 Å². The lowest BCUT2D eigenvalue weighted by Crippen LogP contribution is -2.49. The molecule has 102 valence electrons. The Morgan fingerprint density at radius 1 is 1.47 bits per heavy atom. The molecular weight excluding hydrogens is 212 g/mol. The molecule has 1 aliphatic heterocycles. The van der Waals surface area contributed by atoms with Gasteiger partial charge in [0, 0.05) is 18.6 Å². The summed E-state index contributed by atoms with van der Waals surface area (Å²) in [6.45, 7) is 10.4. The van der Waals surface area contributed by atoms with E-state index < -0.39 is 5.60 Å². The maximum Gasteiger partial charge on any atom is 0.0746 e. The van der Waals surface area contributed by atoms with Gasteiger partial charge >= 0.3 is 0 Å². The summed E-state index contributed by atoms with van der Waals surface area (Å²) in [7, 11) is 2.19. The fourth-order valence-corrected chi connectivity index (χ4v) is 2.79. The molecule has 0 aliphatic carbocycles. The van der Waals surface area contributed by atoms with Crippen molar-refractivity contribution in [3.8, 4) is 0 Å². The molecule has 0 aromatic carbocycles. The topological polar surface area (TPSA) is 35.5 Å². The Bertz CT molecular complexity index is 228. The molecule has 3 unspecified atom stereocenters. The fraction of sp³-hybridized carbons (Fsp3) is 1.00. The van der Waals surface area contributed by atoms with Crippen LogP contribution in [0.25, 0.3) is 0 Å². The van der Waals surface area contributed by atoms with Gasteiger partial charge in [0.2, 0.25) is 0 Å². The quantitative estimate of drug-likeness (QED) is 0.772. The first kappa shape index (κ1) is 14.9. The molecule has 3 atom stereocenters. The minimum Gasteiger partial charge on any atom is -0.389 e. The van der Waals surface area contributed by atoms with Gasteiger partial charge < -0.3 is 15.3 Å². The van der Waals surface area contributed by atoms with Crippen molar-refractivity contribution < 1.29 is 5.11 Å². The van der Waals surface area contributed by atoms with Crippen LogP contribution in [0.3, 0.4) is 0 Å². The smallest absolute Gasteiger partial charge is 0.0746 e. The van der Waals surface area contributed by atoms with Gasteiger partial charge in [0.15, 0.2) is 0 Å². The molecule has 1 aliphatic rings. The molecule has 0 radical (unpaired) electrons. The zero-order chi connectivity index (χ0) is 13.1. The van der Waals surface area contributed by atoms with Crippen LogP contribution in [-0.2, 0) is 0 Å². The highest BCUT2D eigenvalue weighted by Crippen LogP contribution is 2.18. The van der Waals surface area contributed by atoms with Crippen molar-refractivity contribution in [1.29, 1.82) is 0 Å². The van der Waals surface area contributed by atoms with Gasteiger partial charge in [-0.2, -0.15) is 0 Å². The van der Waals surface area contributed by atoms with E-state index in [-0.39, 0.29) is 0 Å². The molecule has 0 bridgehead atoms. The highest BCUT2D eigenvalue weighted by molar-refractivity contribution is 4.84. The maximum absolute atomic E-state index is 10.3. The lowest BCUT2D eigenvalue weighted by Gasteiger charge is -2.37. The summed E-state index contributed by atoms with van der Waals surface area (Å²) in [6, 6.07) is 1.22. The van der Waals surface area contributed by atoms with Crippen LogP contribution in [-0.4, -0.2) is 47.8 Å². The molecule has 3 nitrogen and oxygen atoms in total. The molecule has 0 aromatic rings. The molecule has 1 saturated heterocycles. The number of nitrogens with one attached hydrogen (secondary N) is 1. The van der Waals surface area contributed by atoms with Gasteiger partial charge in [-0.15, -0.1) is 0 Å². The van der Waals surface area contributed by atoms with Crippen molar-refractivity contribution in [2.75, 3.05) is 20.1 Å². The van der Waals surface area contributed by atoms with E-state index in [1.165, 1.54) is 12.8 Å². The van der Waals surface area contributed by atoms with Crippen LogP contribution in [0.5, 0.6) is 0 Å². The first-order valence-corrected chi connectivity index (χ1v) is 6.96. The summed E-state index contributed by atoms with van der Waals surface area (Å²) in [5.41, 5.74) is -0.569. The average molecular weight is 242 g/mol. The van der Waals surface area contributed by atoms with Gasteiger partial charge in [-0.25, -0.2) is 0 Å². The molecule has 1 fully saturated rings. The summed E-state index contributed by atoms with van der Waals surface area (Å²) in [6.07, 6.45) is 3.25. The van der Waals surface area contributed by atoms with Gasteiger partial charge in [0.1, 0.15) is 0 Å². The van der Waals surface area contributed by atoms with E-state index in [1.807, 2.05) is 6.92 Å².